The number of morpholine rings is 1. The van der Waals surface area contributed by atoms with Gasteiger partial charge in [-0.1, -0.05) is 0 Å². The van der Waals surface area contributed by atoms with Gasteiger partial charge in [0.1, 0.15) is 5.82 Å². The van der Waals surface area contributed by atoms with E-state index in [1.165, 1.54) is 6.20 Å². The Hall–Kier alpha value is -1.69. The first-order valence-corrected chi connectivity index (χ1v) is 5.08. The summed E-state index contributed by atoms with van der Waals surface area (Å²) in [6, 6.07) is 0. The summed E-state index contributed by atoms with van der Waals surface area (Å²) in [5, 5.41) is 8.81. The second-order valence-electron chi connectivity index (χ2n) is 3.70. The van der Waals surface area contributed by atoms with E-state index in [2.05, 4.69) is 9.97 Å². The van der Waals surface area contributed by atoms with Crippen molar-refractivity contribution in [2.45, 2.75) is 13.0 Å². The lowest BCUT2D eigenvalue weighted by Crippen LogP contribution is -2.41. The van der Waals surface area contributed by atoms with Gasteiger partial charge < -0.3 is 14.7 Å². The lowest BCUT2D eigenvalue weighted by Gasteiger charge is -2.31. The summed E-state index contributed by atoms with van der Waals surface area (Å²) in [6.45, 7) is 4.01. The van der Waals surface area contributed by atoms with Gasteiger partial charge in [0.15, 0.2) is 5.69 Å². The quantitative estimate of drug-likeness (QED) is 0.782. The van der Waals surface area contributed by atoms with E-state index in [-0.39, 0.29) is 11.8 Å². The molecule has 1 fully saturated rings. The van der Waals surface area contributed by atoms with E-state index in [1.54, 1.807) is 6.20 Å². The fourth-order valence-corrected chi connectivity index (χ4v) is 1.64. The second kappa shape index (κ2) is 4.44. The number of aromatic carboxylic acids is 1. The van der Waals surface area contributed by atoms with E-state index in [0.29, 0.717) is 25.5 Å². The molecular formula is C10H13N3O3. The number of nitrogens with zero attached hydrogens (tertiary/aromatic N) is 3. The zero-order valence-electron chi connectivity index (χ0n) is 8.96. The van der Waals surface area contributed by atoms with Crippen molar-refractivity contribution in [1.29, 1.82) is 0 Å². The van der Waals surface area contributed by atoms with Crippen LogP contribution in [0.5, 0.6) is 0 Å². The largest absolute Gasteiger partial charge is 0.476 e. The van der Waals surface area contributed by atoms with Crippen LogP contribution >= 0.6 is 0 Å². The molecule has 0 aliphatic carbocycles. The van der Waals surface area contributed by atoms with Crippen LogP contribution < -0.4 is 4.90 Å². The molecule has 0 spiro atoms. The molecule has 2 heterocycles. The first-order valence-electron chi connectivity index (χ1n) is 5.08. The number of hydrogen-bond donors (Lipinski definition) is 1. The molecule has 0 aromatic carbocycles. The van der Waals surface area contributed by atoms with Gasteiger partial charge in [-0.2, -0.15) is 0 Å². The maximum atomic E-state index is 10.8. The van der Waals surface area contributed by atoms with E-state index in [9.17, 15) is 4.79 Å². The van der Waals surface area contributed by atoms with E-state index >= 15 is 0 Å². The third-order valence-electron chi connectivity index (χ3n) is 2.41. The molecule has 1 atom stereocenters. The molecule has 2 rings (SSSR count). The Labute approximate surface area is 92.9 Å². The first-order chi connectivity index (χ1) is 7.66. The molecule has 1 aliphatic rings. The van der Waals surface area contributed by atoms with Gasteiger partial charge in [0.05, 0.1) is 25.1 Å². The maximum absolute atomic E-state index is 10.8. The third-order valence-corrected chi connectivity index (χ3v) is 2.41. The summed E-state index contributed by atoms with van der Waals surface area (Å²) in [5.74, 6) is -0.467. The van der Waals surface area contributed by atoms with Gasteiger partial charge in [-0.15, -0.1) is 0 Å². The highest BCUT2D eigenvalue weighted by Crippen LogP contribution is 2.14. The highest BCUT2D eigenvalue weighted by atomic mass is 16.5. The molecule has 0 radical (unpaired) electrons. The van der Waals surface area contributed by atoms with Crippen molar-refractivity contribution in [2.24, 2.45) is 0 Å². The fourth-order valence-electron chi connectivity index (χ4n) is 1.64. The fraction of sp³-hybridized carbons (Fsp3) is 0.500. The van der Waals surface area contributed by atoms with Crippen LogP contribution in [0.1, 0.15) is 17.4 Å². The van der Waals surface area contributed by atoms with Gasteiger partial charge in [-0.3, -0.25) is 4.98 Å². The normalized spacial score (nSPS) is 20.8. The lowest BCUT2D eigenvalue weighted by molar-refractivity contribution is 0.0529. The number of carbonyl (C=O) groups is 1. The Morgan fingerprint density at radius 2 is 2.44 bits per heavy atom. The number of rotatable bonds is 2. The number of ether oxygens (including phenoxy) is 1. The van der Waals surface area contributed by atoms with E-state index in [0.717, 1.165) is 0 Å². The van der Waals surface area contributed by atoms with Crippen LogP contribution in [0.15, 0.2) is 12.4 Å². The summed E-state index contributed by atoms with van der Waals surface area (Å²) in [7, 11) is 0. The van der Waals surface area contributed by atoms with Gasteiger partial charge >= 0.3 is 5.97 Å². The summed E-state index contributed by atoms with van der Waals surface area (Å²) < 4.78 is 5.40. The van der Waals surface area contributed by atoms with Crippen molar-refractivity contribution in [3.8, 4) is 0 Å². The summed E-state index contributed by atoms with van der Waals surface area (Å²) in [4.78, 5) is 20.7. The molecule has 1 N–H and O–H groups in total. The summed E-state index contributed by atoms with van der Waals surface area (Å²) in [5.41, 5.74) is -0.0309. The van der Waals surface area contributed by atoms with Gasteiger partial charge in [0.2, 0.25) is 0 Å². The lowest BCUT2D eigenvalue weighted by atomic mass is 10.3. The van der Waals surface area contributed by atoms with E-state index in [1.807, 2.05) is 11.8 Å². The highest BCUT2D eigenvalue weighted by Gasteiger charge is 2.19. The topological polar surface area (TPSA) is 75.6 Å². The minimum Gasteiger partial charge on any atom is -0.476 e. The number of aromatic nitrogens is 2. The molecule has 1 aliphatic heterocycles. The van der Waals surface area contributed by atoms with Crippen molar-refractivity contribution in [3.05, 3.63) is 18.1 Å². The molecule has 0 bridgehead atoms. The van der Waals surface area contributed by atoms with Gasteiger partial charge in [0.25, 0.3) is 0 Å². The SMILES string of the molecule is CC1CN(c2cncc(C(=O)O)n2)CCO1. The van der Waals surface area contributed by atoms with Crippen molar-refractivity contribution in [2.75, 3.05) is 24.6 Å². The number of carboxylic acids is 1. The molecule has 1 saturated heterocycles. The minimum atomic E-state index is -1.06. The number of hydrogen-bond acceptors (Lipinski definition) is 5. The minimum absolute atomic E-state index is 0.0309. The molecular weight excluding hydrogens is 210 g/mol. The molecule has 1 aromatic rings. The molecule has 86 valence electrons. The molecule has 6 nitrogen and oxygen atoms in total. The molecule has 0 saturated carbocycles. The average Bonchev–Trinajstić information content (AvgIpc) is 2.29. The van der Waals surface area contributed by atoms with Gasteiger partial charge in [-0.25, -0.2) is 9.78 Å². The van der Waals surface area contributed by atoms with E-state index in [4.69, 9.17) is 9.84 Å². The molecule has 6 heteroatoms. The van der Waals surface area contributed by atoms with Crippen LogP contribution in [-0.2, 0) is 4.74 Å². The van der Waals surface area contributed by atoms with Crippen LogP contribution in [0.3, 0.4) is 0 Å². The Bertz CT molecular complexity index is 397. The predicted molar refractivity (Wildman–Crippen MR) is 56.6 cm³/mol. The maximum Gasteiger partial charge on any atom is 0.356 e. The van der Waals surface area contributed by atoms with Crippen molar-refractivity contribution < 1.29 is 14.6 Å². The van der Waals surface area contributed by atoms with Crippen LogP contribution in [0.2, 0.25) is 0 Å². The van der Waals surface area contributed by atoms with Crippen LogP contribution in [0, 0.1) is 0 Å². The molecule has 1 aromatic heterocycles. The Morgan fingerprint density at radius 1 is 1.62 bits per heavy atom. The number of carboxylic acid groups (broad SMARTS) is 1. The zero-order chi connectivity index (χ0) is 11.5. The summed E-state index contributed by atoms with van der Waals surface area (Å²) >= 11 is 0. The van der Waals surface area contributed by atoms with Crippen molar-refractivity contribution in [1.82, 2.24) is 9.97 Å². The average molecular weight is 223 g/mol. The Balaban J connectivity index is 2.19. The number of anilines is 1. The predicted octanol–water partition coefficient (Wildman–Crippen LogP) is 0.400. The smallest absolute Gasteiger partial charge is 0.356 e. The monoisotopic (exact) mass is 223 g/mol. The zero-order valence-corrected chi connectivity index (χ0v) is 8.96. The Kier molecular flexibility index (Phi) is 3.00. The van der Waals surface area contributed by atoms with Crippen molar-refractivity contribution in [3.63, 3.8) is 0 Å². The van der Waals surface area contributed by atoms with Crippen LogP contribution in [0.25, 0.3) is 0 Å². The van der Waals surface area contributed by atoms with E-state index < -0.39 is 5.97 Å². The molecule has 1 unspecified atom stereocenters. The molecule has 16 heavy (non-hydrogen) atoms. The standard InChI is InChI=1S/C10H13N3O3/c1-7-6-13(2-3-16-7)9-5-11-4-8(12-9)10(14)15/h4-5,7H,2-3,6H2,1H3,(H,14,15). The van der Waals surface area contributed by atoms with Gasteiger partial charge in [0, 0.05) is 13.1 Å². The molecule has 0 amide bonds. The first kappa shape index (κ1) is 10.8. The third kappa shape index (κ3) is 2.27. The highest BCUT2D eigenvalue weighted by molar-refractivity contribution is 5.85. The Morgan fingerprint density at radius 3 is 3.12 bits per heavy atom. The van der Waals surface area contributed by atoms with Crippen LogP contribution in [0.4, 0.5) is 5.82 Å². The van der Waals surface area contributed by atoms with Crippen molar-refractivity contribution >= 4 is 11.8 Å². The second-order valence-corrected chi connectivity index (χ2v) is 3.70. The van der Waals surface area contributed by atoms with Gasteiger partial charge in [-0.05, 0) is 6.92 Å². The summed E-state index contributed by atoms with van der Waals surface area (Å²) in [6.07, 6.45) is 2.95. The van der Waals surface area contributed by atoms with Crippen LogP contribution in [-0.4, -0.2) is 46.8 Å².